The van der Waals surface area contributed by atoms with E-state index in [9.17, 15) is 31.5 Å². The van der Waals surface area contributed by atoms with Crippen LogP contribution >= 0.6 is 11.8 Å². The fourth-order valence-electron chi connectivity index (χ4n) is 4.60. The molecule has 3 amide bonds. The van der Waals surface area contributed by atoms with Crippen LogP contribution in [0, 0.1) is 6.92 Å². The summed E-state index contributed by atoms with van der Waals surface area (Å²) in [5.41, 5.74) is 3.91. The molecule has 0 spiro atoms. The Hall–Kier alpha value is -4.99. The number of urea groups is 1. The summed E-state index contributed by atoms with van der Waals surface area (Å²) >= 11 is 1.18. The molecule has 246 valence electrons. The highest BCUT2D eigenvalue weighted by molar-refractivity contribution is 8.15. The molecule has 4 aromatic rings. The molecule has 10 nitrogen and oxygen atoms in total. The van der Waals surface area contributed by atoms with Crippen LogP contribution in [-0.4, -0.2) is 57.0 Å². The number of alkyl halides is 5. The third kappa shape index (κ3) is 7.21. The van der Waals surface area contributed by atoms with E-state index in [1.165, 1.54) is 33.5 Å². The van der Waals surface area contributed by atoms with Crippen LogP contribution < -0.4 is 20.3 Å². The van der Waals surface area contributed by atoms with Gasteiger partial charge in [0, 0.05) is 18.3 Å². The maximum absolute atomic E-state index is 13.3. The summed E-state index contributed by atoms with van der Waals surface area (Å²) in [6.07, 6.45) is -11.2. The van der Waals surface area contributed by atoms with Gasteiger partial charge < -0.3 is 15.4 Å². The molecule has 0 aliphatic carbocycles. The van der Waals surface area contributed by atoms with Gasteiger partial charge in [0.15, 0.2) is 11.0 Å². The lowest BCUT2D eigenvalue weighted by Crippen LogP contribution is -2.41. The Morgan fingerprint density at radius 1 is 1.02 bits per heavy atom. The van der Waals surface area contributed by atoms with E-state index in [0.29, 0.717) is 22.6 Å². The van der Waals surface area contributed by atoms with Crippen molar-refractivity contribution < 1.29 is 36.3 Å². The number of aryl methyl sites for hydroxylation is 1. The van der Waals surface area contributed by atoms with E-state index in [2.05, 4.69) is 30.4 Å². The third-order valence-corrected chi connectivity index (χ3v) is 7.82. The van der Waals surface area contributed by atoms with Crippen LogP contribution in [0.4, 0.5) is 44.1 Å². The number of amidine groups is 1. The number of nitrogens with zero attached hydrogens (tertiary/aromatic N) is 5. The standard InChI is InChI=1S/C31H28F5N7O3S/c1-17(2)23-14-5-18(3)15-24(23)42-25(44)16-47-29(42)40-28(45)38-20-8-6-19(7-9-20)26-39-27(37-4)43(41-26)21-10-12-22(13-11-21)46-31(35,36)30(32,33)34/h5-15,17H,16H2,1-4H3,(H,38,45)(H,37,39,41)/b40-29-. The summed E-state index contributed by atoms with van der Waals surface area (Å²) in [7, 11) is 1.58. The Morgan fingerprint density at radius 2 is 1.70 bits per heavy atom. The number of rotatable bonds is 8. The van der Waals surface area contributed by atoms with Crippen molar-refractivity contribution >= 4 is 46.2 Å². The first-order valence-corrected chi connectivity index (χ1v) is 15.1. The van der Waals surface area contributed by atoms with Crippen LogP contribution in [0.1, 0.15) is 30.9 Å². The lowest BCUT2D eigenvalue weighted by molar-refractivity contribution is -0.360. The van der Waals surface area contributed by atoms with Gasteiger partial charge in [0.05, 0.1) is 17.1 Å². The molecule has 2 heterocycles. The molecular formula is C31H28F5N7O3S. The van der Waals surface area contributed by atoms with E-state index < -0.39 is 24.1 Å². The number of anilines is 3. The fraction of sp³-hybridized carbons (Fsp3) is 0.258. The molecule has 1 aromatic heterocycles. The highest BCUT2D eigenvalue weighted by Crippen LogP contribution is 2.38. The number of amides is 3. The smallest absolute Gasteiger partial charge is 0.426 e. The molecule has 1 aliphatic heterocycles. The number of hydrogen-bond donors (Lipinski definition) is 2. The van der Waals surface area contributed by atoms with Gasteiger partial charge in [0.25, 0.3) is 0 Å². The second kappa shape index (κ2) is 13.0. The molecule has 3 aromatic carbocycles. The second-order valence-electron chi connectivity index (χ2n) is 10.7. The Bertz CT molecular complexity index is 1820. The quantitative estimate of drug-likeness (QED) is 0.185. The normalized spacial score (nSPS) is 14.6. The van der Waals surface area contributed by atoms with E-state index >= 15 is 0 Å². The third-order valence-electron chi connectivity index (χ3n) is 6.89. The topological polar surface area (TPSA) is 114 Å². The summed E-state index contributed by atoms with van der Waals surface area (Å²) in [6.45, 7) is 5.98. The minimum atomic E-state index is -5.87. The average molecular weight is 674 g/mol. The van der Waals surface area contributed by atoms with E-state index in [0.717, 1.165) is 23.3 Å². The second-order valence-corrected chi connectivity index (χ2v) is 11.6. The molecule has 0 atom stereocenters. The first-order valence-electron chi connectivity index (χ1n) is 14.1. The van der Waals surface area contributed by atoms with Crippen LogP contribution in [0.15, 0.2) is 71.7 Å². The minimum absolute atomic E-state index is 0.144. The number of thioether (sulfide) groups is 1. The number of carbonyl (C=O) groups excluding carboxylic acids is 2. The van der Waals surface area contributed by atoms with Gasteiger partial charge in [-0.3, -0.25) is 9.69 Å². The van der Waals surface area contributed by atoms with Crippen LogP contribution in [-0.2, 0) is 4.79 Å². The molecular weight excluding hydrogens is 645 g/mol. The van der Waals surface area contributed by atoms with Crippen molar-refractivity contribution in [3.63, 3.8) is 0 Å². The van der Waals surface area contributed by atoms with E-state index in [1.54, 1.807) is 31.3 Å². The number of nitrogens with one attached hydrogen (secondary N) is 2. The lowest BCUT2D eigenvalue weighted by Gasteiger charge is -2.22. The predicted octanol–water partition coefficient (Wildman–Crippen LogP) is 7.61. The molecule has 5 rings (SSSR count). The molecule has 0 saturated carbocycles. The first-order chi connectivity index (χ1) is 22.2. The summed E-state index contributed by atoms with van der Waals surface area (Å²) < 4.78 is 69.1. The molecule has 0 unspecified atom stereocenters. The van der Waals surface area contributed by atoms with Crippen molar-refractivity contribution in [3.8, 4) is 22.8 Å². The minimum Gasteiger partial charge on any atom is -0.426 e. The number of hydrogen-bond acceptors (Lipinski definition) is 7. The molecule has 0 bridgehead atoms. The van der Waals surface area contributed by atoms with Crippen molar-refractivity contribution in [1.29, 1.82) is 0 Å². The molecule has 1 aliphatic rings. The SMILES string of the molecule is CNc1nc(-c2ccc(NC(=O)/N=C3\SCC(=O)N3c3cc(C)ccc3C(C)C)cc2)nn1-c1ccc(OC(F)(F)C(F)(F)F)cc1. The zero-order valence-corrected chi connectivity index (χ0v) is 26.2. The summed E-state index contributed by atoms with van der Waals surface area (Å²) in [6, 6.07) is 16.1. The maximum Gasteiger partial charge on any atom is 0.499 e. The Labute approximate surface area is 270 Å². The van der Waals surface area contributed by atoms with Gasteiger partial charge in [0.2, 0.25) is 11.9 Å². The zero-order chi connectivity index (χ0) is 34.1. The lowest BCUT2D eigenvalue weighted by atomic mass is 9.99. The monoisotopic (exact) mass is 673 g/mol. The van der Waals surface area contributed by atoms with E-state index in [4.69, 9.17) is 0 Å². The Kier molecular flexibility index (Phi) is 9.25. The largest absolute Gasteiger partial charge is 0.499 e. The number of halogens is 5. The van der Waals surface area contributed by atoms with Crippen LogP contribution in [0.25, 0.3) is 17.1 Å². The van der Waals surface area contributed by atoms with Crippen molar-refractivity contribution in [2.45, 2.75) is 39.0 Å². The van der Waals surface area contributed by atoms with Crippen molar-refractivity contribution in [2.75, 3.05) is 28.3 Å². The summed E-state index contributed by atoms with van der Waals surface area (Å²) in [4.78, 5) is 35.8. The summed E-state index contributed by atoms with van der Waals surface area (Å²) in [5.74, 6) is -0.0424. The maximum atomic E-state index is 13.3. The van der Waals surface area contributed by atoms with E-state index in [-0.39, 0.29) is 34.5 Å². The Morgan fingerprint density at radius 3 is 2.32 bits per heavy atom. The van der Waals surface area contributed by atoms with Gasteiger partial charge in [-0.2, -0.15) is 36.6 Å². The predicted molar refractivity (Wildman–Crippen MR) is 170 cm³/mol. The van der Waals surface area contributed by atoms with Crippen molar-refractivity contribution in [3.05, 3.63) is 77.9 Å². The highest BCUT2D eigenvalue weighted by atomic mass is 32.2. The highest BCUT2D eigenvalue weighted by Gasteiger charge is 2.61. The van der Waals surface area contributed by atoms with Gasteiger partial charge in [-0.05, 0) is 78.6 Å². The van der Waals surface area contributed by atoms with Gasteiger partial charge in [0.1, 0.15) is 5.75 Å². The molecule has 1 saturated heterocycles. The average Bonchev–Trinajstić information content (AvgIpc) is 3.60. The van der Waals surface area contributed by atoms with Gasteiger partial charge >= 0.3 is 18.3 Å². The zero-order valence-electron chi connectivity index (χ0n) is 25.4. The van der Waals surface area contributed by atoms with Crippen molar-refractivity contribution in [2.24, 2.45) is 4.99 Å². The Balaban J connectivity index is 1.30. The van der Waals surface area contributed by atoms with Gasteiger partial charge in [-0.25, -0.2) is 4.79 Å². The fourth-order valence-corrected chi connectivity index (χ4v) is 5.45. The van der Waals surface area contributed by atoms with Gasteiger partial charge in [-0.15, -0.1) is 5.10 Å². The molecule has 47 heavy (non-hydrogen) atoms. The molecule has 1 fully saturated rings. The van der Waals surface area contributed by atoms with E-state index in [1.807, 2.05) is 39.0 Å². The molecule has 16 heteroatoms. The number of aliphatic imine (C=N–C) groups is 1. The van der Waals surface area contributed by atoms with Gasteiger partial charge in [-0.1, -0.05) is 37.7 Å². The number of aromatic nitrogens is 3. The van der Waals surface area contributed by atoms with Crippen molar-refractivity contribution in [1.82, 2.24) is 14.8 Å². The number of benzene rings is 3. The first kappa shape index (κ1) is 33.4. The van der Waals surface area contributed by atoms with Crippen LogP contribution in [0.2, 0.25) is 0 Å². The van der Waals surface area contributed by atoms with Crippen LogP contribution in [0.5, 0.6) is 5.75 Å². The number of ether oxygens (including phenoxy) is 1. The summed E-state index contributed by atoms with van der Waals surface area (Å²) in [5, 5.41) is 10.2. The molecule has 2 N–H and O–H groups in total. The number of carbonyl (C=O) groups is 2. The molecule has 0 radical (unpaired) electrons. The van der Waals surface area contributed by atoms with Crippen LogP contribution in [0.3, 0.4) is 0 Å².